The van der Waals surface area contributed by atoms with Crippen molar-refractivity contribution in [1.29, 1.82) is 0 Å². The maximum atomic E-state index is 12.8. The number of nitrogens with one attached hydrogen (secondary N) is 4. The average Bonchev–Trinajstić information content (AvgIpc) is 3.31. The van der Waals surface area contributed by atoms with E-state index in [2.05, 4.69) is 58.8 Å². The summed E-state index contributed by atoms with van der Waals surface area (Å²) < 4.78 is 40.9. The van der Waals surface area contributed by atoms with Gasteiger partial charge in [-0.1, -0.05) is 97.1 Å². The molecular weight excluding hydrogens is 1800 g/mol. The SMILES string of the molecule is CNc1ncc(I)c(CNC(=O)OC(C)(C)C)c1[C-]=O.CNc1ncc(I)c(COC(=O)COc2ccc(F)cc2)c1[C-]=O.CNc1ncc(I)c(COC(=O)COc2ccccc2)c1[C-]=O.[CH3-].[CH3-].[CH3-].[W+2].[W+2].[W+2]. The van der Waals surface area contributed by atoms with Gasteiger partial charge in [-0.2, -0.15) is 0 Å². The Morgan fingerprint density at radius 1 is 0.589 bits per heavy atom. The van der Waals surface area contributed by atoms with Crippen molar-refractivity contribution in [2.75, 3.05) is 50.3 Å². The first-order valence-electron chi connectivity index (χ1n) is 19.5. The fourth-order valence-electron chi connectivity index (χ4n) is 5.13. The smallest absolute Gasteiger partial charge is 0.482 e. The number of rotatable bonds is 18. The number of ether oxygens (including phenoxy) is 5. The third-order valence-electron chi connectivity index (χ3n) is 8.25. The topological polar surface area (TPSA) is 235 Å². The minimum Gasteiger partial charge on any atom is -0.482 e. The van der Waals surface area contributed by atoms with Gasteiger partial charge in [0.25, 0.3) is 0 Å². The summed E-state index contributed by atoms with van der Waals surface area (Å²) in [5, 5.41) is 11.0. The number of aromatic nitrogens is 3. The van der Waals surface area contributed by atoms with Gasteiger partial charge >= 0.3 is 81.2 Å². The van der Waals surface area contributed by atoms with Crippen LogP contribution in [0.2, 0.25) is 0 Å². The first-order valence-corrected chi connectivity index (χ1v) is 22.8. The number of hydrogen-bond acceptors (Lipinski definition) is 17. The summed E-state index contributed by atoms with van der Waals surface area (Å²) >= 11 is 6.08. The normalized spacial score (nSPS) is 9.45. The van der Waals surface area contributed by atoms with E-state index in [1.165, 1.54) is 24.3 Å². The van der Waals surface area contributed by atoms with Gasteiger partial charge in [-0.05, 0) is 89.0 Å². The second-order valence-electron chi connectivity index (χ2n) is 14.0. The molecule has 0 atom stereocenters. The standard InChI is InChI=1S/C16H13FIN2O4.C16H14IN2O4.C13H17IN3O3.3CH3.3W/c1-19-16-12(7-21)13(14(18)6-20-16)8-24-15(22)9-23-11-4-2-10(17)3-5-11;1-18-16-12(8-20)13(14(17)7-19-16)9-23-15(21)10-22-11-5-3-2-4-6-11;1-13(2,3)20-12(19)17-5-8-9(7-18)11(15-4)16-6-10(8)14;;;;;;/h2-6H,8-9H2,1H3,(H,19,20);2-7H,9-10H2,1H3,(H,18,19);6H,5H2,1-4H3,(H,15,16)(H,17,19);3*1H3;;;/q6*-1;3*+2. The van der Waals surface area contributed by atoms with Crippen molar-refractivity contribution in [2.45, 2.75) is 46.1 Å². The summed E-state index contributed by atoms with van der Waals surface area (Å²) in [5.41, 5.74) is 1.97. The van der Waals surface area contributed by atoms with Crippen LogP contribution < -0.4 is 30.7 Å². The van der Waals surface area contributed by atoms with Crippen LogP contribution >= 0.6 is 67.8 Å². The van der Waals surface area contributed by atoms with Crippen molar-refractivity contribution in [1.82, 2.24) is 20.3 Å². The molecule has 5 aromatic rings. The summed E-state index contributed by atoms with van der Waals surface area (Å²) in [6.45, 7) is 4.85. The van der Waals surface area contributed by atoms with Gasteiger partial charge in [-0.3, -0.25) is 0 Å². The zero-order valence-corrected chi connectivity index (χ0v) is 56.3. The number of esters is 2. The van der Waals surface area contributed by atoms with Crippen LogP contribution in [0, 0.1) is 38.8 Å². The molecule has 0 unspecified atom stereocenters. The first-order chi connectivity index (χ1) is 32.0. The van der Waals surface area contributed by atoms with Crippen molar-refractivity contribution >= 4 is 122 Å². The van der Waals surface area contributed by atoms with Crippen LogP contribution in [0.4, 0.5) is 26.6 Å². The first kappa shape index (κ1) is 75.8. The van der Waals surface area contributed by atoms with E-state index in [1.54, 1.807) is 78.9 Å². The van der Waals surface area contributed by atoms with E-state index in [-0.39, 0.29) is 130 Å². The van der Waals surface area contributed by atoms with Crippen LogP contribution in [0.3, 0.4) is 0 Å². The maximum absolute atomic E-state index is 12.8. The van der Waals surface area contributed by atoms with E-state index >= 15 is 0 Å². The third kappa shape index (κ3) is 26.1. The number of carbonyl (C=O) groups excluding carboxylic acids is 6. The molecule has 5 rings (SSSR count). The molecule has 3 aromatic heterocycles. The minimum absolute atomic E-state index is 0. The summed E-state index contributed by atoms with van der Waals surface area (Å²) in [7, 11) is 4.95. The molecule has 0 saturated heterocycles. The number of amides is 1. The van der Waals surface area contributed by atoms with Gasteiger partial charge in [0, 0.05) is 42.6 Å². The molecule has 73 heavy (non-hydrogen) atoms. The van der Waals surface area contributed by atoms with E-state index < -0.39 is 29.5 Å². The van der Waals surface area contributed by atoms with Crippen LogP contribution in [0.1, 0.15) is 54.2 Å². The van der Waals surface area contributed by atoms with Crippen LogP contribution in [0.25, 0.3) is 0 Å². The molecule has 392 valence electrons. The Kier molecular flexibility index (Phi) is 41.2. The average molecular weight is 1860 g/mol. The molecule has 0 bridgehead atoms. The van der Waals surface area contributed by atoms with Crippen molar-refractivity contribution in [3.63, 3.8) is 0 Å². The summed E-state index contributed by atoms with van der Waals surface area (Å²) in [6.07, 6.45) is 9.74. The van der Waals surface area contributed by atoms with Crippen molar-refractivity contribution in [3.05, 3.63) is 145 Å². The quantitative estimate of drug-likeness (QED) is 0.0279. The summed E-state index contributed by atoms with van der Waals surface area (Å²) in [4.78, 5) is 80.8. The summed E-state index contributed by atoms with van der Waals surface area (Å²) in [6, 6.07) is 14.2. The second-order valence-corrected chi connectivity index (χ2v) is 17.5. The van der Waals surface area contributed by atoms with Crippen molar-refractivity contribution in [2.24, 2.45) is 0 Å². The van der Waals surface area contributed by atoms with Crippen molar-refractivity contribution in [3.8, 4) is 11.5 Å². The molecule has 18 nitrogen and oxygen atoms in total. The Hall–Kier alpha value is -3.71. The molecule has 3 heterocycles. The monoisotopic (exact) mass is 1850 g/mol. The van der Waals surface area contributed by atoms with Gasteiger partial charge in [0.15, 0.2) is 13.2 Å². The fraction of sp³-hybridized carbons (Fsp3) is 0.250. The molecule has 0 aliphatic heterocycles. The van der Waals surface area contributed by atoms with Gasteiger partial charge in [-0.15, -0.1) is 22.3 Å². The molecule has 4 N–H and O–H groups in total. The molecule has 0 fully saturated rings. The third-order valence-corrected chi connectivity index (χ3v) is 11.0. The van der Waals surface area contributed by atoms with Crippen LogP contribution in [-0.2, 0) is 121 Å². The number of benzene rings is 2. The number of pyridine rings is 3. The molecule has 1 amide bonds. The zero-order valence-electron chi connectivity index (χ0n) is 41.0. The number of para-hydroxylation sites is 1. The molecule has 0 radical (unpaired) electrons. The Bertz CT molecular complexity index is 2500. The van der Waals surface area contributed by atoms with Gasteiger partial charge in [0.05, 0.1) is 32.1 Å². The molecule has 0 spiro atoms. The van der Waals surface area contributed by atoms with Crippen molar-refractivity contribution < 1.29 is 120 Å². The fourth-order valence-corrected chi connectivity index (χ4v) is 6.86. The van der Waals surface area contributed by atoms with E-state index in [0.29, 0.717) is 54.8 Å². The van der Waals surface area contributed by atoms with Gasteiger partial charge < -0.3 is 96.6 Å². The maximum Gasteiger partial charge on any atom is 2.00 e. The Balaban J connectivity index is -0.000000472. The minimum atomic E-state index is -0.616. The number of halogens is 4. The molecule has 2 aromatic carbocycles. The molecule has 0 aliphatic carbocycles. The Morgan fingerprint density at radius 3 is 1.30 bits per heavy atom. The van der Waals surface area contributed by atoms with Gasteiger partial charge in [0.2, 0.25) is 0 Å². The Labute approximate surface area is 510 Å². The number of alkyl carbamates (subject to hydrolysis) is 1. The van der Waals surface area contributed by atoms with Crippen LogP contribution in [-0.4, -0.2) is 91.8 Å². The molecular formula is C48H53FI3N7O11W3. The molecule has 0 saturated carbocycles. The van der Waals surface area contributed by atoms with Gasteiger partial charge in [0.1, 0.15) is 22.9 Å². The molecule has 25 heteroatoms. The second kappa shape index (κ2) is 39.7. The number of carbonyl (C=O) groups is 3. The predicted molar refractivity (Wildman–Crippen MR) is 290 cm³/mol. The summed E-state index contributed by atoms with van der Waals surface area (Å²) in [5.74, 6) is 0.593. The number of nitrogens with zero attached hydrogens (tertiary/aromatic N) is 3. The Morgan fingerprint density at radius 2 is 0.945 bits per heavy atom. The number of anilines is 3. The van der Waals surface area contributed by atoms with Crippen LogP contribution in [0.15, 0.2) is 73.2 Å². The zero-order chi connectivity index (χ0) is 49.5. The van der Waals surface area contributed by atoms with E-state index in [0.717, 1.165) is 7.14 Å². The molecule has 0 aliphatic rings. The van der Waals surface area contributed by atoms with E-state index in [9.17, 15) is 33.2 Å². The largest absolute Gasteiger partial charge is 2.00 e. The number of hydrogen-bond donors (Lipinski definition) is 4. The van der Waals surface area contributed by atoms with E-state index in [1.807, 2.05) is 76.0 Å². The predicted octanol–water partition coefficient (Wildman–Crippen LogP) is 8.31. The van der Waals surface area contributed by atoms with Gasteiger partial charge in [-0.25, -0.2) is 18.8 Å². The van der Waals surface area contributed by atoms with Crippen LogP contribution in [0.5, 0.6) is 11.5 Å². The van der Waals surface area contributed by atoms with E-state index in [4.69, 9.17) is 23.7 Å².